The molecule has 5 heteroatoms. The maximum absolute atomic E-state index is 11.4. The standard InChI is InChI=1S/C11H17N3O2/c1-3-4-5-7-14(2)11-12-9(6-8-15)10(16)13-11/h3,8-9H,1,4-7H2,2H3,(H,12,13,16). The van der Waals surface area contributed by atoms with E-state index < -0.39 is 6.04 Å². The molecule has 0 saturated carbocycles. The lowest BCUT2D eigenvalue weighted by Crippen LogP contribution is -2.39. The molecule has 0 aromatic rings. The first-order chi connectivity index (χ1) is 7.69. The maximum Gasteiger partial charge on any atom is 0.252 e. The highest BCUT2D eigenvalue weighted by Gasteiger charge is 2.27. The number of aldehydes is 1. The quantitative estimate of drug-likeness (QED) is 0.401. The van der Waals surface area contributed by atoms with Gasteiger partial charge in [-0.15, -0.1) is 6.58 Å². The fraction of sp³-hybridized carbons (Fsp3) is 0.545. The molecular formula is C11H17N3O2. The molecule has 88 valence electrons. The number of unbranched alkanes of at least 4 members (excludes halogenated alkanes) is 1. The van der Waals surface area contributed by atoms with Gasteiger partial charge in [0, 0.05) is 20.0 Å². The number of nitrogens with zero attached hydrogens (tertiary/aromatic N) is 2. The molecule has 0 spiro atoms. The number of rotatable bonds is 6. The van der Waals surface area contributed by atoms with Gasteiger partial charge in [-0.3, -0.25) is 10.1 Å². The minimum atomic E-state index is -0.547. The summed E-state index contributed by atoms with van der Waals surface area (Å²) in [4.78, 5) is 27.7. The van der Waals surface area contributed by atoms with Crippen LogP contribution in [0.2, 0.25) is 0 Å². The maximum atomic E-state index is 11.4. The third-order valence-corrected chi connectivity index (χ3v) is 2.40. The Morgan fingerprint density at radius 1 is 1.62 bits per heavy atom. The SMILES string of the molecule is C=CCCCN(C)C1=NC(CC=O)C(=O)N1. The van der Waals surface area contributed by atoms with Crippen molar-refractivity contribution in [2.75, 3.05) is 13.6 Å². The Labute approximate surface area is 95.2 Å². The van der Waals surface area contributed by atoms with Gasteiger partial charge in [-0.05, 0) is 12.8 Å². The van der Waals surface area contributed by atoms with E-state index in [1.807, 2.05) is 18.0 Å². The molecule has 16 heavy (non-hydrogen) atoms. The van der Waals surface area contributed by atoms with Crippen LogP contribution in [0.1, 0.15) is 19.3 Å². The predicted octanol–water partition coefficient (Wildman–Crippen LogP) is 0.328. The van der Waals surface area contributed by atoms with Crippen LogP contribution < -0.4 is 5.32 Å². The van der Waals surface area contributed by atoms with Crippen molar-refractivity contribution < 1.29 is 9.59 Å². The largest absolute Gasteiger partial charge is 0.346 e. The minimum Gasteiger partial charge on any atom is -0.346 e. The summed E-state index contributed by atoms with van der Waals surface area (Å²) in [5.41, 5.74) is 0. The number of guanidine groups is 1. The molecule has 1 unspecified atom stereocenters. The van der Waals surface area contributed by atoms with E-state index >= 15 is 0 Å². The summed E-state index contributed by atoms with van der Waals surface area (Å²) in [5.74, 6) is 0.360. The summed E-state index contributed by atoms with van der Waals surface area (Å²) >= 11 is 0. The van der Waals surface area contributed by atoms with Gasteiger partial charge in [-0.2, -0.15) is 0 Å². The van der Waals surface area contributed by atoms with Gasteiger partial charge >= 0.3 is 0 Å². The van der Waals surface area contributed by atoms with Crippen LogP contribution in [0.5, 0.6) is 0 Å². The van der Waals surface area contributed by atoms with E-state index in [1.54, 1.807) is 0 Å². The van der Waals surface area contributed by atoms with E-state index in [0.717, 1.165) is 19.4 Å². The first-order valence-corrected chi connectivity index (χ1v) is 5.33. The van der Waals surface area contributed by atoms with Crippen molar-refractivity contribution in [3.8, 4) is 0 Å². The normalized spacial score (nSPS) is 18.9. The van der Waals surface area contributed by atoms with Crippen LogP contribution in [0.3, 0.4) is 0 Å². The first-order valence-electron chi connectivity index (χ1n) is 5.33. The highest BCUT2D eigenvalue weighted by molar-refractivity contribution is 6.05. The molecule has 0 fully saturated rings. The van der Waals surface area contributed by atoms with E-state index in [4.69, 9.17) is 0 Å². The predicted molar refractivity (Wildman–Crippen MR) is 62.1 cm³/mol. The summed E-state index contributed by atoms with van der Waals surface area (Å²) < 4.78 is 0. The summed E-state index contributed by atoms with van der Waals surface area (Å²) in [5, 5.41) is 2.67. The molecule has 1 aliphatic rings. The van der Waals surface area contributed by atoms with Gasteiger partial charge in [0.2, 0.25) is 5.96 Å². The van der Waals surface area contributed by atoms with Gasteiger partial charge in [0.15, 0.2) is 0 Å². The van der Waals surface area contributed by atoms with Crippen molar-refractivity contribution in [2.24, 2.45) is 4.99 Å². The zero-order chi connectivity index (χ0) is 12.0. The number of aliphatic imine (C=N–C) groups is 1. The molecule has 1 rings (SSSR count). The average Bonchev–Trinajstić information content (AvgIpc) is 2.61. The topological polar surface area (TPSA) is 61.8 Å². The Kier molecular flexibility index (Phi) is 4.69. The summed E-state index contributed by atoms with van der Waals surface area (Å²) in [6, 6.07) is -0.547. The van der Waals surface area contributed by atoms with E-state index in [0.29, 0.717) is 12.2 Å². The third kappa shape index (κ3) is 3.18. The van der Waals surface area contributed by atoms with Gasteiger partial charge < -0.3 is 9.69 Å². The lowest BCUT2D eigenvalue weighted by molar-refractivity contribution is -0.121. The average molecular weight is 223 g/mol. The molecule has 1 aliphatic heterocycles. The van der Waals surface area contributed by atoms with E-state index in [-0.39, 0.29) is 12.3 Å². The van der Waals surface area contributed by atoms with Crippen LogP contribution in [0, 0.1) is 0 Å². The van der Waals surface area contributed by atoms with Gasteiger partial charge in [0.25, 0.3) is 5.91 Å². The molecule has 0 saturated heterocycles. The Hall–Kier alpha value is -1.65. The second-order valence-electron chi connectivity index (χ2n) is 3.71. The molecule has 0 radical (unpaired) electrons. The molecular weight excluding hydrogens is 206 g/mol. The highest BCUT2D eigenvalue weighted by atomic mass is 16.2. The molecule has 1 N–H and O–H groups in total. The molecule has 1 amide bonds. The molecule has 1 atom stereocenters. The van der Waals surface area contributed by atoms with Crippen LogP contribution in [-0.2, 0) is 9.59 Å². The Bertz CT molecular complexity index is 312. The van der Waals surface area contributed by atoms with E-state index in [1.165, 1.54) is 0 Å². The number of amides is 1. The van der Waals surface area contributed by atoms with Gasteiger partial charge in [0.05, 0.1) is 0 Å². The van der Waals surface area contributed by atoms with E-state index in [9.17, 15) is 9.59 Å². The second-order valence-corrected chi connectivity index (χ2v) is 3.71. The Morgan fingerprint density at radius 3 is 3.00 bits per heavy atom. The van der Waals surface area contributed by atoms with Crippen molar-refractivity contribution in [3.05, 3.63) is 12.7 Å². The highest BCUT2D eigenvalue weighted by Crippen LogP contribution is 2.06. The third-order valence-electron chi connectivity index (χ3n) is 2.40. The zero-order valence-corrected chi connectivity index (χ0v) is 9.48. The van der Waals surface area contributed by atoms with Crippen LogP contribution >= 0.6 is 0 Å². The number of hydrogen-bond acceptors (Lipinski definition) is 4. The lowest BCUT2D eigenvalue weighted by atomic mass is 10.2. The number of nitrogens with one attached hydrogen (secondary N) is 1. The lowest BCUT2D eigenvalue weighted by Gasteiger charge is -2.17. The smallest absolute Gasteiger partial charge is 0.252 e. The van der Waals surface area contributed by atoms with Crippen molar-refractivity contribution in [2.45, 2.75) is 25.3 Å². The monoisotopic (exact) mass is 223 g/mol. The number of allylic oxidation sites excluding steroid dienone is 1. The van der Waals surface area contributed by atoms with Crippen molar-refractivity contribution >= 4 is 18.2 Å². The first kappa shape index (κ1) is 12.4. The molecule has 1 heterocycles. The van der Waals surface area contributed by atoms with Crippen molar-refractivity contribution in [1.82, 2.24) is 10.2 Å². The van der Waals surface area contributed by atoms with Crippen molar-refractivity contribution in [1.29, 1.82) is 0 Å². The number of hydrogen-bond donors (Lipinski definition) is 1. The van der Waals surface area contributed by atoms with E-state index in [2.05, 4.69) is 16.9 Å². The van der Waals surface area contributed by atoms with Crippen LogP contribution in [0.4, 0.5) is 0 Å². The Balaban J connectivity index is 2.47. The van der Waals surface area contributed by atoms with Gasteiger partial charge in [-0.1, -0.05) is 6.08 Å². The second kappa shape index (κ2) is 6.05. The molecule has 5 nitrogen and oxygen atoms in total. The number of carbonyl (C=O) groups excluding carboxylic acids is 2. The zero-order valence-electron chi connectivity index (χ0n) is 9.48. The van der Waals surface area contributed by atoms with Crippen LogP contribution in [0.25, 0.3) is 0 Å². The van der Waals surface area contributed by atoms with Crippen LogP contribution in [0.15, 0.2) is 17.6 Å². The Morgan fingerprint density at radius 2 is 2.38 bits per heavy atom. The number of carbonyl (C=O) groups is 2. The van der Waals surface area contributed by atoms with Crippen molar-refractivity contribution in [3.63, 3.8) is 0 Å². The molecule has 0 aliphatic carbocycles. The summed E-state index contributed by atoms with van der Waals surface area (Å²) in [6.45, 7) is 4.45. The molecule has 0 bridgehead atoms. The summed E-state index contributed by atoms with van der Waals surface area (Å²) in [7, 11) is 1.87. The molecule has 0 aromatic carbocycles. The van der Waals surface area contributed by atoms with Crippen LogP contribution in [-0.4, -0.2) is 42.7 Å². The fourth-order valence-corrected chi connectivity index (χ4v) is 1.46. The fourth-order valence-electron chi connectivity index (χ4n) is 1.46. The molecule has 0 aromatic heterocycles. The van der Waals surface area contributed by atoms with Gasteiger partial charge in [-0.25, -0.2) is 4.99 Å². The minimum absolute atomic E-state index is 0.149. The summed E-state index contributed by atoms with van der Waals surface area (Å²) in [6.07, 6.45) is 4.62. The van der Waals surface area contributed by atoms with Gasteiger partial charge in [0.1, 0.15) is 12.3 Å².